The lowest BCUT2D eigenvalue weighted by Gasteiger charge is -1.99. The molecule has 112 valence electrons. The number of hydrogen-bond donors (Lipinski definition) is 0. The van der Waals surface area contributed by atoms with Gasteiger partial charge in [-0.25, -0.2) is 0 Å². The minimum Gasteiger partial charge on any atom is -0.411 e. The van der Waals surface area contributed by atoms with Gasteiger partial charge in [0.15, 0.2) is 0 Å². The van der Waals surface area contributed by atoms with Crippen molar-refractivity contribution in [3.8, 4) is 11.5 Å². The summed E-state index contributed by atoms with van der Waals surface area (Å²) in [6, 6.07) is 18.6. The van der Waals surface area contributed by atoms with Crippen LogP contribution in [0.5, 0.6) is 0 Å². The van der Waals surface area contributed by atoms with Crippen LogP contribution in [0.25, 0.3) is 11.5 Å². The van der Waals surface area contributed by atoms with Crippen LogP contribution in [-0.2, 0) is 6.42 Å². The summed E-state index contributed by atoms with van der Waals surface area (Å²) < 4.78 is 5.70. The van der Waals surface area contributed by atoms with Crippen LogP contribution in [0.1, 0.15) is 17.5 Å². The molecule has 4 heteroatoms. The van der Waals surface area contributed by atoms with E-state index in [4.69, 9.17) is 4.42 Å². The fourth-order valence-corrected chi connectivity index (χ4v) is 2.86. The predicted octanol–water partition coefficient (Wildman–Crippen LogP) is 4.77. The Morgan fingerprint density at radius 2 is 1.73 bits per heavy atom. The molecule has 0 unspecified atom stereocenters. The van der Waals surface area contributed by atoms with E-state index in [9.17, 15) is 0 Å². The second kappa shape index (κ2) is 7.27. The summed E-state index contributed by atoms with van der Waals surface area (Å²) in [7, 11) is 0. The van der Waals surface area contributed by atoms with Gasteiger partial charge in [-0.15, -0.1) is 10.2 Å². The van der Waals surface area contributed by atoms with Crippen molar-refractivity contribution in [3.63, 3.8) is 0 Å². The molecule has 0 saturated carbocycles. The van der Waals surface area contributed by atoms with E-state index in [-0.39, 0.29) is 0 Å². The second-order valence-electron chi connectivity index (χ2n) is 5.18. The van der Waals surface area contributed by atoms with Gasteiger partial charge < -0.3 is 4.42 Å². The Balaban J connectivity index is 1.50. The molecule has 0 amide bonds. The van der Waals surface area contributed by atoms with Crippen molar-refractivity contribution in [1.29, 1.82) is 0 Å². The molecule has 0 radical (unpaired) electrons. The lowest BCUT2D eigenvalue weighted by molar-refractivity contribution is 0.466. The van der Waals surface area contributed by atoms with Crippen molar-refractivity contribution in [2.45, 2.75) is 25.0 Å². The molecule has 1 aromatic heterocycles. The first-order valence-corrected chi connectivity index (χ1v) is 8.37. The summed E-state index contributed by atoms with van der Waals surface area (Å²) in [5.41, 5.74) is 3.56. The molecule has 0 bridgehead atoms. The highest BCUT2D eigenvalue weighted by atomic mass is 32.2. The third kappa shape index (κ3) is 3.98. The van der Waals surface area contributed by atoms with Crippen molar-refractivity contribution in [1.82, 2.24) is 10.2 Å². The molecular weight excluding hydrogens is 292 g/mol. The zero-order valence-corrected chi connectivity index (χ0v) is 13.3. The van der Waals surface area contributed by atoms with E-state index in [0.717, 1.165) is 24.2 Å². The van der Waals surface area contributed by atoms with Gasteiger partial charge in [0, 0.05) is 11.3 Å². The van der Waals surface area contributed by atoms with Gasteiger partial charge in [-0.1, -0.05) is 59.8 Å². The highest BCUT2D eigenvalue weighted by Gasteiger charge is 2.08. The standard InChI is InChI=1S/C18H18N2OS/c1-14-9-11-16(12-10-14)17-19-20-18(21-17)22-13-5-8-15-6-3-2-4-7-15/h2-4,6-7,9-12H,5,8,13H2,1H3. The fraction of sp³-hybridized carbons (Fsp3) is 0.222. The van der Waals surface area contributed by atoms with E-state index in [2.05, 4.69) is 41.4 Å². The van der Waals surface area contributed by atoms with Gasteiger partial charge in [0.2, 0.25) is 5.89 Å². The van der Waals surface area contributed by atoms with E-state index >= 15 is 0 Å². The van der Waals surface area contributed by atoms with Crippen molar-refractivity contribution in [2.24, 2.45) is 0 Å². The van der Waals surface area contributed by atoms with Crippen LogP contribution in [0.3, 0.4) is 0 Å². The Kier molecular flexibility index (Phi) is 4.91. The number of thioether (sulfide) groups is 1. The monoisotopic (exact) mass is 310 g/mol. The van der Waals surface area contributed by atoms with Crippen molar-refractivity contribution in [2.75, 3.05) is 5.75 Å². The number of aromatic nitrogens is 2. The van der Waals surface area contributed by atoms with Crippen LogP contribution < -0.4 is 0 Å². The van der Waals surface area contributed by atoms with Gasteiger partial charge in [0.25, 0.3) is 5.22 Å². The molecule has 22 heavy (non-hydrogen) atoms. The van der Waals surface area contributed by atoms with Crippen LogP contribution in [0.15, 0.2) is 64.2 Å². The quantitative estimate of drug-likeness (QED) is 0.485. The maximum Gasteiger partial charge on any atom is 0.276 e. The molecule has 0 fully saturated rings. The molecule has 3 aromatic rings. The second-order valence-corrected chi connectivity index (χ2v) is 6.22. The van der Waals surface area contributed by atoms with Gasteiger partial charge in [0.05, 0.1) is 0 Å². The fourth-order valence-electron chi connectivity index (χ4n) is 2.16. The third-order valence-corrected chi connectivity index (χ3v) is 4.29. The largest absolute Gasteiger partial charge is 0.411 e. The maximum atomic E-state index is 5.70. The van der Waals surface area contributed by atoms with Gasteiger partial charge in [0.1, 0.15) is 0 Å². The minimum atomic E-state index is 0.588. The Hall–Kier alpha value is -2.07. The summed E-state index contributed by atoms with van der Waals surface area (Å²) in [6.07, 6.45) is 2.17. The number of benzene rings is 2. The van der Waals surface area contributed by atoms with E-state index in [1.807, 2.05) is 30.3 Å². The van der Waals surface area contributed by atoms with Crippen molar-refractivity contribution >= 4 is 11.8 Å². The first kappa shape index (κ1) is 14.9. The smallest absolute Gasteiger partial charge is 0.276 e. The van der Waals surface area contributed by atoms with E-state index in [1.165, 1.54) is 11.1 Å². The zero-order valence-electron chi connectivity index (χ0n) is 12.5. The molecule has 3 nitrogen and oxygen atoms in total. The first-order valence-electron chi connectivity index (χ1n) is 7.38. The highest BCUT2D eigenvalue weighted by Crippen LogP contribution is 2.24. The van der Waals surface area contributed by atoms with Crippen molar-refractivity contribution in [3.05, 3.63) is 65.7 Å². The number of rotatable bonds is 6. The first-order chi connectivity index (χ1) is 10.8. The summed E-state index contributed by atoms with van der Waals surface area (Å²) in [6.45, 7) is 2.06. The van der Waals surface area contributed by atoms with Crippen LogP contribution >= 0.6 is 11.8 Å². The predicted molar refractivity (Wildman–Crippen MR) is 90.0 cm³/mol. The molecule has 0 aliphatic rings. The molecular formula is C18H18N2OS. The molecule has 0 aliphatic carbocycles. The van der Waals surface area contributed by atoms with Crippen molar-refractivity contribution < 1.29 is 4.42 Å². The molecule has 0 saturated heterocycles. The molecule has 0 atom stereocenters. The Bertz CT molecular complexity index is 707. The summed E-state index contributed by atoms with van der Waals surface area (Å²) in [4.78, 5) is 0. The lowest BCUT2D eigenvalue weighted by atomic mass is 10.1. The highest BCUT2D eigenvalue weighted by molar-refractivity contribution is 7.99. The zero-order chi connectivity index (χ0) is 15.2. The van der Waals surface area contributed by atoms with Crippen LogP contribution in [-0.4, -0.2) is 16.0 Å². The van der Waals surface area contributed by atoms with Crippen LogP contribution in [0.4, 0.5) is 0 Å². The average Bonchev–Trinajstić information content (AvgIpc) is 3.02. The normalized spacial score (nSPS) is 10.8. The van der Waals surface area contributed by atoms with E-state index in [0.29, 0.717) is 11.1 Å². The topological polar surface area (TPSA) is 38.9 Å². The van der Waals surface area contributed by atoms with Gasteiger partial charge in [-0.3, -0.25) is 0 Å². The Morgan fingerprint density at radius 1 is 0.955 bits per heavy atom. The van der Waals surface area contributed by atoms with Crippen LogP contribution in [0.2, 0.25) is 0 Å². The number of nitrogens with zero attached hydrogens (tertiary/aromatic N) is 2. The summed E-state index contributed by atoms with van der Waals surface area (Å²) in [5.74, 6) is 1.57. The van der Waals surface area contributed by atoms with Gasteiger partial charge in [-0.05, 0) is 37.5 Å². The minimum absolute atomic E-state index is 0.588. The van der Waals surface area contributed by atoms with E-state index < -0.39 is 0 Å². The SMILES string of the molecule is Cc1ccc(-c2nnc(SCCCc3ccccc3)o2)cc1. The van der Waals surface area contributed by atoms with E-state index in [1.54, 1.807) is 11.8 Å². The maximum absolute atomic E-state index is 5.70. The molecule has 0 spiro atoms. The van der Waals surface area contributed by atoms with Gasteiger partial charge in [-0.2, -0.15) is 0 Å². The average molecular weight is 310 g/mol. The summed E-state index contributed by atoms with van der Waals surface area (Å²) in [5, 5.41) is 8.86. The van der Waals surface area contributed by atoms with Gasteiger partial charge >= 0.3 is 0 Å². The molecule has 2 aromatic carbocycles. The Labute approximate surface area is 134 Å². The number of aryl methyl sites for hydroxylation is 2. The molecule has 3 rings (SSSR count). The van der Waals surface area contributed by atoms with Crippen LogP contribution in [0, 0.1) is 6.92 Å². The summed E-state index contributed by atoms with van der Waals surface area (Å²) >= 11 is 1.62. The molecule has 0 N–H and O–H groups in total. The lowest BCUT2D eigenvalue weighted by Crippen LogP contribution is -1.87. The third-order valence-electron chi connectivity index (χ3n) is 3.38. The Morgan fingerprint density at radius 3 is 2.50 bits per heavy atom. The molecule has 1 heterocycles. The number of hydrogen-bond acceptors (Lipinski definition) is 4. The molecule has 0 aliphatic heterocycles.